The van der Waals surface area contributed by atoms with E-state index in [9.17, 15) is 9.18 Å². The maximum Gasteiger partial charge on any atom is 0.269 e. The Hall–Kier alpha value is -1.91. The molecular formula is C10H10FN3O. The Morgan fingerprint density at radius 2 is 2.27 bits per heavy atom. The molecule has 0 aliphatic rings. The first-order valence-electron chi connectivity index (χ1n) is 4.50. The molecule has 0 unspecified atom stereocenters. The highest BCUT2D eigenvalue weighted by Crippen LogP contribution is 2.12. The molecule has 0 aromatic carbocycles. The summed E-state index contributed by atoms with van der Waals surface area (Å²) in [6, 6.07) is 2.85. The average Bonchev–Trinajstić information content (AvgIpc) is 2.52. The van der Waals surface area contributed by atoms with Crippen LogP contribution in [0.2, 0.25) is 0 Å². The SMILES string of the molecule is CNC(=O)c1c(C)nc2ccc(F)cn12. The molecule has 0 atom stereocenters. The molecule has 5 heteroatoms. The quantitative estimate of drug-likeness (QED) is 0.762. The molecule has 2 rings (SSSR count). The van der Waals surface area contributed by atoms with E-state index in [0.29, 0.717) is 17.0 Å². The van der Waals surface area contributed by atoms with Gasteiger partial charge in [0.1, 0.15) is 17.2 Å². The fraction of sp³-hybridized carbons (Fsp3) is 0.200. The molecule has 0 aliphatic heterocycles. The van der Waals surface area contributed by atoms with Gasteiger partial charge in [-0.15, -0.1) is 0 Å². The summed E-state index contributed by atoms with van der Waals surface area (Å²) in [6.07, 6.45) is 1.25. The van der Waals surface area contributed by atoms with Gasteiger partial charge in [-0.25, -0.2) is 9.37 Å². The number of hydrogen-bond donors (Lipinski definition) is 1. The second-order valence-electron chi connectivity index (χ2n) is 3.20. The zero-order valence-electron chi connectivity index (χ0n) is 8.41. The van der Waals surface area contributed by atoms with Crippen molar-refractivity contribution in [3.8, 4) is 0 Å². The Balaban J connectivity index is 2.76. The standard InChI is InChI=1S/C10H10FN3O/c1-6-9(10(15)12-2)14-5-7(11)3-4-8(14)13-6/h3-5H,1-2H3,(H,12,15). The van der Waals surface area contributed by atoms with Crippen LogP contribution in [0.3, 0.4) is 0 Å². The van der Waals surface area contributed by atoms with E-state index in [1.807, 2.05) is 0 Å². The van der Waals surface area contributed by atoms with Crippen LogP contribution in [-0.4, -0.2) is 22.3 Å². The van der Waals surface area contributed by atoms with Crippen LogP contribution in [0.25, 0.3) is 5.65 Å². The third-order valence-electron chi connectivity index (χ3n) is 2.20. The van der Waals surface area contributed by atoms with Crippen LogP contribution in [0.1, 0.15) is 16.2 Å². The fourth-order valence-corrected chi connectivity index (χ4v) is 1.53. The number of hydrogen-bond acceptors (Lipinski definition) is 2. The lowest BCUT2D eigenvalue weighted by Gasteiger charge is -2.00. The van der Waals surface area contributed by atoms with Crippen LogP contribution in [-0.2, 0) is 0 Å². The largest absolute Gasteiger partial charge is 0.354 e. The molecule has 1 N–H and O–H groups in total. The first-order valence-corrected chi connectivity index (χ1v) is 4.50. The summed E-state index contributed by atoms with van der Waals surface area (Å²) in [5.41, 5.74) is 1.51. The molecule has 2 heterocycles. The minimum Gasteiger partial charge on any atom is -0.354 e. The summed E-state index contributed by atoms with van der Waals surface area (Å²) < 4.78 is 14.5. The average molecular weight is 207 g/mol. The number of carbonyl (C=O) groups excluding carboxylic acids is 1. The number of carbonyl (C=O) groups is 1. The van der Waals surface area contributed by atoms with Gasteiger partial charge in [0.05, 0.1) is 5.69 Å². The molecule has 0 bridgehead atoms. The number of amides is 1. The number of pyridine rings is 1. The molecule has 0 fully saturated rings. The molecule has 78 valence electrons. The first kappa shape index (κ1) is 9.64. The van der Waals surface area contributed by atoms with E-state index in [0.717, 1.165) is 0 Å². The highest BCUT2D eigenvalue weighted by atomic mass is 19.1. The molecule has 15 heavy (non-hydrogen) atoms. The lowest BCUT2D eigenvalue weighted by Crippen LogP contribution is -2.20. The van der Waals surface area contributed by atoms with E-state index in [-0.39, 0.29) is 5.91 Å². The first-order chi connectivity index (χ1) is 7.13. The molecule has 1 amide bonds. The van der Waals surface area contributed by atoms with Gasteiger partial charge >= 0.3 is 0 Å². The van der Waals surface area contributed by atoms with Crippen molar-refractivity contribution in [1.29, 1.82) is 0 Å². The number of nitrogens with one attached hydrogen (secondary N) is 1. The van der Waals surface area contributed by atoms with E-state index >= 15 is 0 Å². The lowest BCUT2D eigenvalue weighted by molar-refractivity contribution is 0.0956. The zero-order chi connectivity index (χ0) is 11.0. The van der Waals surface area contributed by atoms with Crippen LogP contribution >= 0.6 is 0 Å². The van der Waals surface area contributed by atoms with E-state index in [1.54, 1.807) is 6.92 Å². The number of nitrogens with zero attached hydrogens (tertiary/aromatic N) is 2. The Labute approximate surface area is 85.7 Å². The summed E-state index contributed by atoms with van der Waals surface area (Å²) >= 11 is 0. The van der Waals surface area contributed by atoms with Crippen molar-refractivity contribution in [3.05, 3.63) is 35.5 Å². The molecule has 2 aromatic rings. The normalized spacial score (nSPS) is 10.6. The van der Waals surface area contributed by atoms with Gasteiger partial charge in [-0.05, 0) is 19.1 Å². The zero-order valence-corrected chi connectivity index (χ0v) is 8.41. The van der Waals surface area contributed by atoms with Gasteiger partial charge in [-0.2, -0.15) is 0 Å². The van der Waals surface area contributed by atoms with Crippen molar-refractivity contribution < 1.29 is 9.18 Å². The Kier molecular flexibility index (Phi) is 2.15. The van der Waals surface area contributed by atoms with Gasteiger partial charge in [-0.3, -0.25) is 9.20 Å². The van der Waals surface area contributed by atoms with Crippen LogP contribution in [0.15, 0.2) is 18.3 Å². The van der Waals surface area contributed by atoms with Crippen molar-refractivity contribution in [1.82, 2.24) is 14.7 Å². The summed E-state index contributed by atoms with van der Waals surface area (Å²) in [7, 11) is 1.53. The molecular weight excluding hydrogens is 197 g/mol. The van der Waals surface area contributed by atoms with Crippen molar-refractivity contribution >= 4 is 11.6 Å². The van der Waals surface area contributed by atoms with Gasteiger partial charge in [0.25, 0.3) is 5.91 Å². The van der Waals surface area contributed by atoms with Gasteiger partial charge in [0.15, 0.2) is 0 Å². The summed E-state index contributed by atoms with van der Waals surface area (Å²) in [5, 5.41) is 2.50. The highest BCUT2D eigenvalue weighted by Gasteiger charge is 2.15. The van der Waals surface area contributed by atoms with E-state index in [4.69, 9.17) is 0 Å². The van der Waals surface area contributed by atoms with Crippen molar-refractivity contribution in [2.75, 3.05) is 7.05 Å². The maximum atomic E-state index is 13.0. The predicted octanol–water partition coefficient (Wildman–Crippen LogP) is 1.14. The van der Waals surface area contributed by atoms with Crippen LogP contribution in [0, 0.1) is 12.7 Å². The molecule has 0 saturated carbocycles. The Morgan fingerprint density at radius 3 is 2.93 bits per heavy atom. The highest BCUT2D eigenvalue weighted by molar-refractivity contribution is 5.94. The number of halogens is 1. The molecule has 0 saturated heterocycles. The van der Waals surface area contributed by atoms with E-state index in [2.05, 4.69) is 10.3 Å². The number of rotatable bonds is 1. The molecule has 0 spiro atoms. The van der Waals surface area contributed by atoms with Crippen LogP contribution in [0.5, 0.6) is 0 Å². The minimum atomic E-state index is -0.398. The van der Waals surface area contributed by atoms with Gasteiger partial charge in [-0.1, -0.05) is 0 Å². The van der Waals surface area contributed by atoms with Crippen molar-refractivity contribution in [3.63, 3.8) is 0 Å². The topological polar surface area (TPSA) is 46.4 Å². The minimum absolute atomic E-state index is 0.273. The third kappa shape index (κ3) is 1.45. The Morgan fingerprint density at radius 1 is 1.53 bits per heavy atom. The second-order valence-corrected chi connectivity index (χ2v) is 3.20. The molecule has 4 nitrogen and oxygen atoms in total. The van der Waals surface area contributed by atoms with Crippen molar-refractivity contribution in [2.45, 2.75) is 6.92 Å². The summed E-state index contributed by atoms with van der Waals surface area (Å²) in [4.78, 5) is 15.7. The van der Waals surface area contributed by atoms with Crippen LogP contribution < -0.4 is 5.32 Å². The molecule has 0 aliphatic carbocycles. The van der Waals surface area contributed by atoms with Gasteiger partial charge in [0, 0.05) is 13.2 Å². The Bertz CT molecular complexity index is 533. The smallest absolute Gasteiger partial charge is 0.269 e. The summed E-state index contributed by atoms with van der Waals surface area (Å²) in [6.45, 7) is 1.72. The number of fused-ring (bicyclic) bond motifs is 1. The third-order valence-corrected chi connectivity index (χ3v) is 2.20. The van der Waals surface area contributed by atoms with Gasteiger partial charge < -0.3 is 5.32 Å². The predicted molar refractivity (Wildman–Crippen MR) is 53.3 cm³/mol. The lowest BCUT2D eigenvalue weighted by atomic mass is 10.3. The van der Waals surface area contributed by atoms with E-state index < -0.39 is 5.82 Å². The van der Waals surface area contributed by atoms with Crippen molar-refractivity contribution in [2.24, 2.45) is 0 Å². The number of aryl methyl sites for hydroxylation is 1. The van der Waals surface area contributed by atoms with E-state index in [1.165, 1.54) is 29.8 Å². The number of aromatic nitrogens is 2. The monoisotopic (exact) mass is 207 g/mol. The maximum absolute atomic E-state index is 13.0. The number of imidazole rings is 1. The fourth-order valence-electron chi connectivity index (χ4n) is 1.53. The summed E-state index contributed by atoms with van der Waals surface area (Å²) in [5.74, 6) is -0.671. The van der Waals surface area contributed by atoms with Gasteiger partial charge in [0.2, 0.25) is 0 Å². The van der Waals surface area contributed by atoms with Crippen LogP contribution in [0.4, 0.5) is 4.39 Å². The molecule has 0 radical (unpaired) electrons. The second kappa shape index (κ2) is 3.34. The molecule has 2 aromatic heterocycles.